The van der Waals surface area contributed by atoms with Crippen molar-refractivity contribution in [3.8, 4) is 0 Å². The van der Waals surface area contributed by atoms with E-state index in [9.17, 15) is 10.1 Å². The van der Waals surface area contributed by atoms with Crippen LogP contribution in [0.25, 0.3) is 0 Å². The van der Waals surface area contributed by atoms with Crippen LogP contribution < -0.4 is 0 Å². The molecule has 0 fully saturated rings. The molecule has 0 aliphatic carbocycles. The summed E-state index contributed by atoms with van der Waals surface area (Å²) in [6.45, 7) is 4.35. The lowest BCUT2D eigenvalue weighted by molar-refractivity contribution is -0.524. The summed E-state index contributed by atoms with van der Waals surface area (Å²) in [7, 11) is 0. The van der Waals surface area contributed by atoms with Gasteiger partial charge in [0, 0.05) is 17.8 Å². The van der Waals surface area contributed by atoms with Gasteiger partial charge in [-0.05, 0) is 12.8 Å². The molecule has 0 aliphatic rings. The molecule has 0 saturated heterocycles. The lowest BCUT2D eigenvalue weighted by Gasteiger charge is -2.08. The Morgan fingerprint density at radius 3 is 1.48 bits per heavy atom. The van der Waals surface area contributed by atoms with Crippen molar-refractivity contribution in [3.05, 3.63) is 10.1 Å². The summed E-state index contributed by atoms with van der Waals surface area (Å²) in [6.07, 6.45) is 18.0. The second-order valence-electron chi connectivity index (χ2n) is 6.41. The second-order valence-corrected chi connectivity index (χ2v) is 6.41. The van der Waals surface area contributed by atoms with Gasteiger partial charge in [0.15, 0.2) is 0 Å². The van der Waals surface area contributed by atoms with E-state index in [1.54, 1.807) is 0 Å². The predicted molar refractivity (Wildman–Crippen MR) is 91.4 cm³/mol. The van der Waals surface area contributed by atoms with E-state index in [0.29, 0.717) is 0 Å². The first kappa shape index (κ1) is 20.4. The summed E-state index contributed by atoms with van der Waals surface area (Å²) in [6, 6.07) is -0.288. The standard InChI is InChI=1S/C18H37NO2/c1-3-5-7-8-9-10-11-12-13-14-15-17-18(19(20)21)16-6-4-2/h18H,3-17H2,1-2H3. The van der Waals surface area contributed by atoms with Crippen molar-refractivity contribution in [2.24, 2.45) is 0 Å². The lowest BCUT2D eigenvalue weighted by atomic mass is 10.0. The minimum Gasteiger partial charge on any atom is -0.264 e. The third kappa shape index (κ3) is 14.1. The Labute approximate surface area is 132 Å². The van der Waals surface area contributed by atoms with Crippen LogP contribution in [-0.4, -0.2) is 11.0 Å². The van der Waals surface area contributed by atoms with Gasteiger partial charge in [0.1, 0.15) is 0 Å². The van der Waals surface area contributed by atoms with Gasteiger partial charge >= 0.3 is 0 Å². The van der Waals surface area contributed by atoms with Gasteiger partial charge in [-0.2, -0.15) is 0 Å². The average Bonchev–Trinajstić information content (AvgIpc) is 2.47. The predicted octanol–water partition coefficient (Wildman–Crippen LogP) is 6.52. The van der Waals surface area contributed by atoms with E-state index in [1.165, 1.54) is 64.2 Å². The van der Waals surface area contributed by atoms with Crippen molar-refractivity contribution in [2.75, 3.05) is 0 Å². The fraction of sp³-hybridized carbons (Fsp3) is 1.00. The summed E-state index contributed by atoms with van der Waals surface area (Å²) in [5.74, 6) is 0. The Morgan fingerprint density at radius 1 is 0.667 bits per heavy atom. The highest BCUT2D eigenvalue weighted by Gasteiger charge is 2.18. The van der Waals surface area contributed by atoms with Crippen LogP contribution in [0, 0.1) is 10.1 Å². The van der Waals surface area contributed by atoms with Gasteiger partial charge in [0.2, 0.25) is 6.04 Å². The van der Waals surface area contributed by atoms with Crippen molar-refractivity contribution < 1.29 is 4.92 Å². The van der Waals surface area contributed by atoms with E-state index in [4.69, 9.17) is 0 Å². The van der Waals surface area contributed by atoms with Crippen molar-refractivity contribution in [3.63, 3.8) is 0 Å². The van der Waals surface area contributed by atoms with Crippen molar-refractivity contribution in [1.82, 2.24) is 0 Å². The van der Waals surface area contributed by atoms with Gasteiger partial charge in [-0.25, -0.2) is 0 Å². The molecule has 0 spiro atoms. The molecule has 3 nitrogen and oxygen atoms in total. The average molecular weight is 299 g/mol. The van der Waals surface area contributed by atoms with Crippen LogP contribution in [0.4, 0.5) is 0 Å². The number of nitrogens with zero attached hydrogens (tertiary/aromatic N) is 1. The van der Waals surface area contributed by atoms with Gasteiger partial charge in [0.05, 0.1) is 0 Å². The molecule has 0 aromatic rings. The third-order valence-electron chi connectivity index (χ3n) is 4.33. The molecule has 0 aromatic heterocycles. The maximum Gasteiger partial charge on any atom is 0.213 e. The van der Waals surface area contributed by atoms with E-state index >= 15 is 0 Å². The molecular weight excluding hydrogens is 262 g/mol. The maximum atomic E-state index is 10.9. The number of rotatable bonds is 16. The molecule has 0 saturated carbocycles. The van der Waals surface area contributed by atoms with Gasteiger partial charge in [0.25, 0.3) is 0 Å². The van der Waals surface area contributed by atoms with Crippen LogP contribution >= 0.6 is 0 Å². The minimum atomic E-state index is -0.288. The molecular formula is C18H37NO2. The van der Waals surface area contributed by atoms with Crippen LogP contribution in [0.2, 0.25) is 0 Å². The number of hydrogen-bond donors (Lipinski definition) is 0. The SMILES string of the molecule is CCCCCCCCCCCCCC(CCCC)[N+](=O)[O-]. The van der Waals surface area contributed by atoms with Crippen LogP contribution in [0.5, 0.6) is 0 Å². The molecule has 0 N–H and O–H groups in total. The number of nitro groups is 1. The Bertz CT molecular complexity index is 231. The topological polar surface area (TPSA) is 43.1 Å². The molecule has 0 heterocycles. The first-order chi connectivity index (χ1) is 10.2. The Hall–Kier alpha value is -0.600. The fourth-order valence-corrected chi connectivity index (χ4v) is 2.84. The quantitative estimate of drug-likeness (QED) is 0.185. The number of unbranched alkanes of at least 4 members (excludes halogenated alkanes) is 11. The minimum absolute atomic E-state index is 0.0635. The zero-order chi connectivity index (χ0) is 15.8. The third-order valence-corrected chi connectivity index (χ3v) is 4.33. The lowest BCUT2D eigenvalue weighted by Crippen LogP contribution is -2.19. The van der Waals surface area contributed by atoms with Crippen molar-refractivity contribution in [1.29, 1.82) is 0 Å². The van der Waals surface area contributed by atoms with Gasteiger partial charge < -0.3 is 0 Å². The Balaban J connectivity index is 3.31. The van der Waals surface area contributed by atoms with Crippen molar-refractivity contribution >= 4 is 0 Å². The van der Waals surface area contributed by atoms with E-state index in [0.717, 1.165) is 32.1 Å². The first-order valence-electron chi connectivity index (χ1n) is 9.35. The summed E-state index contributed by atoms with van der Waals surface area (Å²) < 4.78 is 0. The van der Waals surface area contributed by atoms with E-state index in [2.05, 4.69) is 13.8 Å². The monoisotopic (exact) mass is 299 g/mol. The van der Waals surface area contributed by atoms with Gasteiger partial charge in [-0.3, -0.25) is 10.1 Å². The summed E-state index contributed by atoms with van der Waals surface area (Å²) in [4.78, 5) is 10.9. The fourth-order valence-electron chi connectivity index (χ4n) is 2.84. The van der Waals surface area contributed by atoms with E-state index in [1.807, 2.05) is 0 Å². The molecule has 0 aromatic carbocycles. The van der Waals surface area contributed by atoms with Crippen LogP contribution in [0.3, 0.4) is 0 Å². The molecule has 1 atom stereocenters. The molecule has 21 heavy (non-hydrogen) atoms. The molecule has 0 aliphatic heterocycles. The molecule has 3 heteroatoms. The zero-order valence-corrected chi connectivity index (χ0v) is 14.4. The number of hydrogen-bond acceptors (Lipinski definition) is 2. The molecule has 0 rings (SSSR count). The second kappa shape index (κ2) is 15.8. The normalized spacial score (nSPS) is 12.5. The molecule has 0 bridgehead atoms. The smallest absolute Gasteiger partial charge is 0.213 e. The Morgan fingerprint density at radius 2 is 1.05 bits per heavy atom. The molecule has 0 radical (unpaired) electrons. The van der Waals surface area contributed by atoms with Gasteiger partial charge in [-0.15, -0.1) is 0 Å². The highest BCUT2D eigenvalue weighted by Crippen LogP contribution is 2.15. The summed E-state index contributed by atoms with van der Waals surface area (Å²) in [5.41, 5.74) is 0. The zero-order valence-electron chi connectivity index (χ0n) is 14.4. The first-order valence-corrected chi connectivity index (χ1v) is 9.35. The Kier molecular flexibility index (Phi) is 15.3. The summed E-state index contributed by atoms with van der Waals surface area (Å²) in [5, 5.41) is 10.9. The molecule has 126 valence electrons. The largest absolute Gasteiger partial charge is 0.264 e. The highest BCUT2D eigenvalue weighted by molar-refractivity contribution is 4.58. The molecule has 0 amide bonds. The van der Waals surface area contributed by atoms with E-state index < -0.39 is 0 Å². The van der Waals surface area contributed by atoms with E-state index in [-0.39, 0.29) is 11.0 Å². The maximum absolute atomic E-state index is 10.9. The van der Waals surface area contributed by atoms with Crippen LogP contribution in [0.1, 0.15) is 110 Å². The molecule has 1 unspecified atom stereocenters. The highest BCUT2D eigenvalue weighted by atomic mass is 16.6. The van der Waals surface area contributed by atoms with Crippen LogP contribution in [-0.2, 0) is 0 Å². The van der Waals surface area contributed by atoms with Crippen LogP contribution in [0.15, 0.2) is 0 Å². The van der Waals surface area contributed by atoms with Gasteiger partial charge in [-0.1, -0.05) is 84.5 Å². The van der Waals surface area contributed by atoms with Crippen molar-refractivity contribution in [2.45, 2.75) is 116 Å². The summed E-state index contributed by atoms with van der Waals surface area (Å²) >= 11 is 0.